The number of ether oxygens (including phenoxy) is 2. The molecule has 0 saturated carbocycles. The lowest BCUT2D eigenvalue weighted by atomic mass is 9.95. The van der Waals surface area contributed by atoms with E-state index in [0.717, 1.165) is 45.3 Å². The molecule has 2 heterocycles. The Morgan fingerprint density at radius 2 is 1.78 bits per heavy atom. The zero-order chi connectivity index (χ0) is 19.1. The fraction of sp³-hybridized carbons (Fsp3) is 0.619. The van der Waals surface area contributed by atoms with E-state index < -0.39 is 0 Å². The fourth-order valence-corrected chi connectivity index (χ4v) is 3.91. The van der Waals surface area contributed by atoms with Gasteiger partial charge in [-0.1, -0.05) is 30.3 Å². The summed E-state index contributed by atoms with van der Waals surface area (Å²) < 4.78 is 10.9. The highest BCUT2D eigenvalue weighted by atomic mass is 16.5. The van der Waals surface area contributed by atoms with E-state index in [-0.39, 0.29) is 30.4 Å². The SMILES string of the molecule is COCC(=O)N1CCCC(C(=O)N2CCC(OCc3ccccc3)CC2)C1. The third kappa shape index (κ3) is 5.53. The predicted octanol–water partition coefficient (Wildman–Crippen LogP) is 2.08. The molecule has 2 fully saturated rings. The highest BCUT2D eigenvalue weighted by Crippen LogP contribution is 2.22. The van der Waals surface area contributed by atoms with Crippen LogP contribution in [0.5, 0.6) is 0 Å². The minimum Gasteiger partial charge on any atom is -0.375 e. The maximum absolute atomic E-state index is 12.9. The first-order valence-electron chi connectivity index (χ1n) is 9.88. The Morgan fingerprint density at radius 1 is 1.04 bits per heavy atom. The Bertz CT molecular complexity index is 614. The minimum atomic E-state index is -0.0821. The Balaban J connectivity index is 1.43. The van der Waals surface area contributed by atoms with Gasteiger partial charge in [0.15, 0.2) is 0 Å². The Hall–Kier alpha value is -1.92. The molecule has 0 spiro atoms. The first-order valence-corrected chi connectivity index (χ1v) is 9.88. The largest absolute Gasteiger partial charge is 0.375 e. The van der Waals surface area contributed by atoms with Gasteiger partial charge < -0.3 is 19.3 Å². The van der Waals surface area contributed by atoms with Crippen LogP contribution in [0.25, 0.3) is 0 Å². The molecule has 1 atom stereocenters. The van der Waals surface area contributed by atoms with E-state index in [1.165, 1.54) is 12.7 Å². The average Bonchev–Trinajstić information content (AvgIpc) is 2.73. The van der Waals surface area contributed by atoms with E-state index in [9.17, 15) is 9.59 Å². The summed E-state index contributed by atoms with van der Waals surface area (Å²) in [4.78, 5) is 28.6. The van der Waals surface area contributed by atoms with E-state index in [4.69, 9.17) is 9.47 Å². The zero-order valence-corrected chi connectivity index (χ0v) is 16.1. The molecule has 0 N–H and O–H groups in total. The molecule has 27 heavy (non-hydrogen) atoms. The monoisotopic (exact) mass is 374 g/mol. The Labute approximate surface area is 161 Å². The number of benzene rings is 1. The molecule has 1 unspecified atom stereocenters. The molecule has 3 rings (SSSR count). The number of amides is 2. The third-order valence-electron chi connectivity index (χ3n) is 5.47. The van der Waals surface area contributed by atoms with Gasteiger partial charge >= 0.3 is 0 Å². The first-order chi connectivity index (χ1) is 13.2. The molecule has 2 saturated heterocycles. The van der Waals surface area contributed by atoms with Crippen LogP contribution in [0, 0.1) is 5.92 Å². The van der Waals surface area contributed by atoms with E-state index >= 15 is 0 Å². The number of methoxy groups -OCH3 is 1. The highest BCUT2D eigenvalue weighted by Gasteiger charge is 2.32. The van der Waals surface area contributed by atoms with Crippen LogP contribution in [-0.4, -0.2) is 67.6 Å². The molecule has 0 radical (unpaired) electrons. The fourth-order valence-electron chi connectivity index (χ4n) is 3.91. The number of carbonyl (C=O) groups excluding carboxylic acids is 2. The van der Waals surface area contributed by atoms with Crippen LogP contribution < -0.4 is 0 Å². The summed E-state index contributed by atoms with van der Waals surface area (Å²) in [5.41, 5.74) is 1.18. The van der Waals surface area contributed by atoms with Crippen LogP contribution in [0.1, 0.15) is 31.2 Å². The summed E-state index contributed by atoms with van der Waals surface area (Å²) in [7, 11) is 1.52. The van der Waals surface area contributed by atoms with Crippen molar-refractivity contribution in [3.05, 3.63) is 35.9 Å². The second-order valence-corrected chi connectivity index (χ2v) is 7.43. The summed E-state index contributed by atoms with van der Waals surface area (Å²) in [6.07, 6.45) is 3.69. The summed E-state index contributed by atoms with van der Waals surface area (Å²) in [5, 5.41) is 0. The first kappa shape index (κ1) is 19.8. The van der Waals surface area contributed by atoms with Crippen LogP contribution in [-0.2, 0) is 25.7 Å². The van der Waals surface area contributed by atoms with Crippen molar-refractivity contribution in [2.24, 2.45) is 5.92 Å². The Kier molecular flexibility index (Phi) is 7.24. The van der Waals surface area contributed by atoms with Crippen molar-refractivity contribution in [2.45, 2.75) is 38.4 Å². The van der Waals surface area contributed by atoms with Gasteiger partial charge in [0.25, 0.3) is 0 Å². The molecule has 148 valence electrons. The van der Waals surface area contributed by atoms with Crippen molar-refractivity contribution in [2.75, 3.05) is 39.9 Å². The molecule has 2 aliphatic rings. The van der Waals surface area contributed by atoms with Crippen molar-refractivity contribution >= 4 is 11.8 Å². The van der Waals surface area contributed by atoms with Gasteiger partial charge in [-0.05, 0) is 31.2 Å². The van der Waals surface area contributed by atoms with Crippen molar-refractivity contribution in [3.8, 4) is 0 Å². The molecule has 6 heteroatoms. The molecule has 6 nitrogen and oxygen atoms in total. The van der Waals surface area contributed by atoms with Gasteiger partial charge in [0.05, 0.1) is 18.6 Å². The van der Waals surface area contributed by atoms with Gasteiger partial charge in [-0.3, -0.25) is 9.59 Å². The van der Waals surface area contributed by atoms with Gasteiger partial charge in [0, 0.05) is 33.3 Å². The lowest BCUT2D eigenvalue weighted by Gasteiger charge is -2.37. The van der Waals surface area contributed by atoms with Gasteiger partial charge in [0.2, 0.25) is 11.8 Å². The van der Waals surface area contributed by atoms with Crippen molar-refractivity contribution in [1.29, 1.82) is 0 Å². The van der Waals surface area contributed by atoms with Crippen molar-refractivity contribution in [3.63, 3.8) is 0 Å². The average molecular weight is 374 g/mol. The van der Waals surface area contributed by atoms with E-state index in [1.807, 2.05) is 23.1 Å². The molecule has 0 aromatic heterocycles. The van der Waals surface area contributed by atoms with Gasteiger partial charge in [-0.25, -0.2) is 0 Å². The smallest absolute Gasteiger partial charge is 0.248 e. The maximum Gasteiger partial charge on any atom is 0.248 e. The summed E-state index contributed by atoms with van der Waals surface area (Å²) in [6.45, 7) is 3.43. The van der Waals surface area contributed by atoms with Crippen LogP contribution in [0.3, 0.4) is 0 Å². The number of rotatable bonds is 6. The quantitative estimate of drug-likeness (QED) is 0.765. The topological polar surface area (TPSA) is 59.1 Å². The number of hydrogen-bond acceptors (Lipinski definition) is 4. The zero-order valence-electron chi connectivity index (χ0n) is 16.1. The van der Waals surface area contributed by atoms with Gasteiger partial charge in [-0.2, -0.15) is 0 Å². The Morgan fingerprint density at radius 3 is 2.48 bits per heavy atom. The predicted molar refractivity (Wildman–Crippen MR) is 102 cm³/mol. The number of nitrogens with zero attached hydrogens (tertiary/aromatic N) is 2. The van der Waals surface area contributed by atoms with E-state index in [1.54, 1.807) is 4.90 Å². The number of likely N-dealkylation sites (tertiary alicyclic amines) is 2. The normalized spacial score (nSPS) is 21.3. The molecule has 2 aliphatic heterocycles. The maximum atomic E-state index is 12.9. The van der Waals surface area contributed by atoms with Crippen LogP contribution in [0.4, 0.5) is 0 Å². The standard InChI is InChI=1S/C21H30N2O4/c1-26-16-20(24)23-11-5-8-18(14-23)21(25)22-12-9-19(10-13-22)27-15-17-6-3-2-4-7-17/h2-4,6-7,18-19H,5,8-16H2,1H3. The molecule has 0 bridgehead atoms. The van der Waals surface area contributed by atoms with E-state index in [0.29, 0.717) is 13.2 Å². The number of piperidine rings is 2. The molecule has 1 aromatic rings. The van der Waals surface area contributed by atoms with Gasteiger partial charge in [0.1, 0.15) is 6.61 Å². The second kappa shape index (κ2) is 9.85. The number of carbonyl (C=O) groups is 2. The molecule has 2 amide bonds. The highest BCUT2D eigenvalue weighted by molar-refractivity contribution is 5.82. The molecular formula is C21H30N2O4. The summed E-state index contributed by atoms with van der Waals surface area (Å²) >= 11 is 0. The second-order valence-electron chi connectivity index (χ2n) is 7.43. The molecule has 1 aromatic carbocycles. The van der Waals surface area contributed by atoms with Crippen molar-refractivity contribution < 1.29 is 19.1 Å². The molecular weight excluding hydrogens is 344 g/mol. The minimum absolute atomic E-state index is 0.0250. The van der Waals surface area contributed by atoms with Crippen LogP contribution >= 0.6 is 0 Å². The molecule has 0 aliphatic carbocycles. The van der Waals surface area contributed by atoms with Crippen LogP contribution in [0.2, 0.25) is 0 Å². The lowest BCUT2D eigenvalue weighted by Crippen LogP contribution is -2.49. The number of hydrogen-bond donors (Lipinski definition) is 0. The summed E-state index contributed by atoms with van der Waals surface area (Å²) in [5.74, 6) is 0.0794. The van der Waals surface area contributed by atoms with Crippen LogP contribution in [0.15, 0.2) is 30.3 Å². The summed E-state index contributed by atoms with van der Waals surface area (Å²) in [6, 6.07) is 10.2. The lowest BCUT2D eigenvalue weighted by molar-refractivity contribution is -0.144. The third-order valence-corrected chi connectivity index (χ3v) is 5.47. The van der Waals surface area contributed by atoms with Crippen molar-refractivity contribution in [1.82, 2.24) is 9.80 Å². The van der Waals surface area contributed by atoms with E-state index in [2.05, 4.69) is 12.1 Å². The van der Waals surface area contributed by atoms with Gasteiger partial charge in [-0.15, -0.1) is 0 Å².